The summed E-state index contributed by atoms with van der Waals surface area (Å²) in [7, 11) is 1.62. The molecule has 13 nitrogen and oxygen atoms in total. The summed E-state index contributed by atoms with van der Waals surface area (Å²) < 4.78 is 17.0. The van der Waals surface area contributed by atoms with Crippen molar-refractivity contribution in [2.75, 3.05) is 76.4 Å². The number of ether oxygens (including phenoxy) is 3. The molecule has 13 heteroatoms. The third-order valence-corrected chi connectivity index (χ3v) is 8.55. The van der Waals surface area contributed by atoms with E-state index in [9.17, 15) is 15.2 Å². The van der Waals surface area contributed by atoms with Crippen LogP contribution in [-0.2, 0) is 9.53 Å². The molecule has 0 saturated carbocycles. The van der Waals surface area contributed by atoms with Gasteiger partial charge in [0, 0.05) is 56.9 Å². The van der Waals surface area contributed by atoms with Gasteiger partial charge < -0.3 is 34.4 Å². The van der Waals surface area contributed by atoms with Crippen LogP contribution in [0.3, 0.4) is 0 Å². The number of nitrogens with one attached hydrogen (secondary N) is 1. The molecule has 3 saturated heterocycles. The van der Waals surface area contributed by atoms with E-state index in [1.54, 1.807) is 36.4 Å². The molecular formula is C32H38N8O5. The molecule has 3 aromatic rings. The zero-order valence-electron chi connectivity index (χ0n) is 25.6. The van der Waals surface area contributed by atoms with E-state index in [0.29, 0.717) is 60.4 Å². The molecule has 6 rings (SSSR count). The van der Waals surface area contributed by atoms with Gasteiger partial charge in [0.05, 0.1) is 44.2 Å². The predicted molar refractivity (Wildman–Crippen MR) is 167 cm³/mol. The number of aliphatic hydroxyl groups excluding tert-OH is 1. The number of carbonyl (C=O) groups is 1. The lowest BCUT2D eigenvalue weighted by Gasteiger charge is -2.43. The third kappa shape index (κ3) is 6.93. The summed E-state index contributed by atoms with van der Waals surface area (Å²) >= 11 is 0. The van der Waals surface area contributed by atoms with Crippen molar-refractivity contribution in [3.63, 3.8) is 0 Å². The zero-order chi connectivity index (χ0) is 31.3. The number of hydrogen-bond donors (Lipinski definition) is 2. The van der Waals surface area contributed by atoms with Crippen molar-refractivity contribution in [1.29, 1.82) is 5.26 Å². The standard InChI is InChI=1S/C32H38N8O5/c1-21(41)31(42)40-10-8-22(17-40)18-45-28-5-3-23(15-24(28)16-33)26-7-9-34-32(35-26)37-29-6-4-27(30(36-29)43-2)39-13-11-38(12-14-39)25-19-44-20-25/h3-7,9,15,21-22,25,41H,8,10-14,17-20H2,1-2H3,(H,34,35,36,37)/t21-,22?/m1/s1. The summed E-state index contributed by atoms with van der Waals surface area (Å²) in [5.41, 5.74) is 2.72. The van der Waals surface area contributed by atoms with Crippen LogP contribution >= 0.6 is 0 Å². The number of hydrogen-bond acceptors (Lipinski definition) is 12. The van der Waals surface area contributed by atoms with Crippen LogP contribution in [0.15, 0.2) is 42.6 Å². The highest BCUT2D eigenvalue weighted by molar-refractivity contribution is 5.80. The smallest absolute Gasteiger partial charge is 0.251 e. The van der Waals surface area contributed by atoms with E-state index >= 15 is 0 Å². The molecule has 0 spiro atoms. The molecule has 236 valence electrons. The monoisotopic (exact) mass is 614 g/mol. The van der Waals surface area contributed by atoms with Gasteiger partial charge >= 0.3 is 0 Å². The van der Waals surface area contributed by atoms with Crippen LogP contribution in [0.1, 0.15) is 18.9 Å². The first-order chi connectivity index (χ1) is 21.9. The second-order valence-electron chi connectivity index (χ2n) is 11.6. The SMILES string of the molecule is COc1nc(Nc2nccc(-c3ccc(OCC4CCN(C(=O)[C@@H](C)O)C4)c(C#N)c3)n2)ccc1N1CCN(C2COC2)CC1. The Hall–Kier alpha value is -4.51. The first-order valence-electron chi connectivity index (χ1n) is 15.3. The van der Waals surface area contributed by atoms with E-state index in [1.807, 2.05) is 18.2 Å². The van der Waals surface area contributed by atoms with E-state index < -0.39 is 6.10 Å². The number of aliphatic hydroxyl groups is 1. The number of piperazine rings is 1. The van der Waals surface area contributed by atoms with Crippen LogP contribution in [-0.4, -0.2) is 114 Å². The highest BCUT2D eigenvalue weighted by Crippen LogP contribution is 2.31. The minimum absolute atomic E-state index is 0.133. The molecule has 2 atom stereocenters. The molecule has 1 aromatic carbocycles. The van der Waals surface area contributed by atoms with Crippen molar-refractivity contribution in [1.82, 2.24) is 24.8 Å². The molecule has 3 fully saturated rings. The Kier molecular flexibility index (Phi) is 9.25. The molecule has 1 amide bonds. The van der Waals surface area contributed by atoms with Crippen molar-refractivity contribution in [3.8, 4) is 29.0 Å². The molecule has 0 aliphatic carbocycles. The van der Waals surface area contributed by atoms with Crippen LogP contribution in [0, 0.1) is 17.2 Å². The molecule has 0 bridgehead atoms. The van der Waals surface area contributed by atoms with E-state index in [2.05, 4.69) is 36.1 Å². The number of rotatable bonds is 10. The molecule has 3 aliphatic heterocycles. The maximum Gasteiger partial charge on any atom is 0.251 e. The molecule has 2 aromatic heterocycles. The highest BCUT2D eigenvalue weighted by Gasteiger charge is 2.30. The van der Waals surface area contributed by atoms with Gasteiger partial charge in [-0.25, -0.2) is 9.97 Å². The fourth-order valence-corrected chi connectivity index (χ4v) is 5.89. The topological polar surface area (TPSA) is 149 Å². The van der Waals surface area contributed by atoms with Gasteiger partial charge in [0.1, 0.15) is 29.4 Å². The fraction of sp³-hybridized carbons (Fsp3) is 0.469. The van der Waals surface area contributed by atoms with Gasteiger partial charge in [-0.3, -0.25) is 9.69 Å². The van der Waals surface area contributed by atoms with Gasteiger partial charge in [0.25, 0.3) is 5.91 Å². The summed E-state index contributed by atoms with van der Waals surface area (Å²) in [5.74, 6) is 1.79. The second-order valence-corrected chi connectivity index (χ2v) is 11.6. The van der Waals surface area contributed by atoms with E-state index in [1.165, 1.54) is 6.92 Å². The fourth-order valence-electron chi connectivity index (χ4n) is 5.89. The van der Waals surface area contributed by atoms with Crippen molar-refractivity contribution in [3.05, 3.63) is 48.2 Å². The summed E-state index contributed by atoms with van der Waals surface area (Å²) in [5, 5.41) is 22.6. The summed E-state index contributed by atoms with van der Waals surface area (Å²) in [6, 6.07) is 13.8. The lowest BCUT2D eigenvalue weighted by Crippen LogP contribution is -2.56. The quantitative estimate of drug-likeness (QED) is 0.345. The van der Waals surface area contributed by atoms with Crippen LogP contribution < -0.4 is 19.7 Å². The van der Waals surface area contributed by atoms with Crippen LogP contribution in [0.25, 0.3) is 11.3 Å². The molecule has 2 N–H and O–H groups in total. The van der Waals surface area contributed by atoms with Gasteiger partial charge in [-0.05, 0) is 49.7 Å². The summed E-state index contributed by atoms with van der Waals surface area (Å²) in [6.07, 6.45) is 1.43. The second kappa shape index (κ2) is 13.6. The van der Waals surface area contributed by atoms with Crippen LogP contribution in [0.4, 0.5) is 17.5 Å². The van der Waals surface area contributed by atoms with Crippen molar-refractivity contribution in [2.45, 2.75) is 25.5 Å². The van der Waals surface area contributed by atoms with Gasteiger partial charge in [-0.2, -0.15) is 10.2 Å². The Labute approximate surface area is 262 Å². The third-order valence-electron chi connectivity index (χ3n) is 8.55. The van der Waals surface area contributed by atoms with Gasteiger partial charge in [-0.1, -0.05) is 0 Å². The van der Waals surface area contributed by atoms with Crippen molar-refractivity contribution in [2.24, 2.45) is 5.92 Å². The Balaban J connectivity index is 1.09. The number of nitrogens with zero attached hydrogens (tertiary/aromatic N) is 7. The lowest BCUT2D eigenvalue weighted by atomic mass is 10.1. The number of pyridine rings is 1. The number of likely N-dealkylation sites (tertiary alicyclic amines) is 1. The average Bonchev–Trinajstić information content (AvgIpc) is 3.52. The largest absolute Gasteiger partial charge is 0.492 e. The number of anilines is 3. The number of methoxy groups -OCH3 is 1. The lowest BCUT2D eigenvalue weighted by molar-refractivity contribution is -0.138. The van der Waals surface area contributed by atoms with Crippen molar-refractivity contribution >= 4 is 23.4 Å². The number of carbonyl (C=O) groups excluding carboxylic acids is 1. The maximum atomic E-state index is 12.1. The molecule has 45 heavy (non-hydrogen) atoms. The average molecular weight is 615 g/mol. The van der Waals surface area contributed by atoms with Gasteiger partial charge in [-0.15, -0.1) is 0 Å². The van der Waals surface area contributed by atoms with E-state index in [-0.39, 0.29) is 11.8 Å². The molecular weight excluding hydrogens is 576 g/mol. The Morgan fingerprint density at radius 2 is 1.98 bits per heavy atom. The van der Waals surface area contributed by atoms with Crippen molar-refractivity contribution < 1.29 is 24.1 Å². The van der Waals surface area contributed by atoms with Gasteiger partial charge in [0.15, 0.2) is 0 Å². The Morgan fingerprint density at radius 3 is 2.69 bits per heavy atom. The molecule has 3 aliphatic rings. The zero-order valence-corrected chi connectivity index (χ0v) is 25.6. The number of amides is 1. The summed E-state index contributed by atoms with van der Waals surface area (Å²) in [6.45, 7) is 8.36. The van der Waals surface area contributed by atoms with E-state index in [0.717, 1.165) is 57.1 Å². The van der Waals surface area contributed by atoms with Crippen LogP contribution in [0.2, 0.25) is 0 Å². The Morgan fingerprint density at radius 1 is 1.16 bits per heavy atom. The molecule has 1 unspecified atom stereocenters. The number of aromatic nitrogens is 3. The van der Waals surface area contributed by atoms with E-state index in [4.69, 9.17) is 14.2 Å². The minimum Gasteiger partial charge on any atom is -0.492 e. The first kappa shape index (κ1) is 30.5. The molecule has 0 radical (unpaired) electrons. The number of benzene rings is 1. The molecule has 5 heterocycles. The predicted octanol–water partition coefficient (Wildman–Crippen LogP) is 2.29. The van der Waals surface area contributed by atoms with Crippen LogP contribution in [0.5, 0.6) is 11.6 Å². The first-order valence-corrected chi connectivity index (χ1v) is 15.3. The highest BCUT2D eigenvalue weighted by atomic mass is 16.5. The normalized spacial score (nSPS) is 19.5. The Bertz CT molecular complexity index is 1550. The summed E-state index contributed by atoms with van der Waals surface area (Å²) in [4.78, 5) is 32.2. The van der Waals surface area contributed by atoms with Gasteiger partial charge in [0.2, 0.25) is 11.8 Å². The number of nitriles is 1. The maximum absolute atomic E-state index is 12.1. The minimum atomic E-state index is -1.01.